The van der Waals surface area contributed by atoms with Crippen molar-refractivity contribution in [3.63, 3.8) is 0 Å². The maximum absolute atomic E-state index is 13.0. The Morgan fingerprint density at radius 1 is 0.928 bits per heavy atom. The van der Waals surface area contributed by atoms with E-state index in [4.69, 9.17) is 28.4 Å². The van der Waals surface area contributed by atoms with Crippen LogP contribution in [0, 0.1) is 28.6 Å². The maximum Gasteiger partial charge on any atom is 0.331 e. The van der Waals surface area contributed by atoms with Gasteiger partial charge in [-0.1, -0.05) is 13.3 Å². The van der Waals surface area contributed by atoms with Gasteiger partial charge in [-0.25, -0.2) is 15.0 Å². The zero-order chi connectivity index (χ0) is 49.1. The average Bonchev–Trinajstić information content (AvgIpc) is 4.08. The topological polar surface area (TPSA) is 306 Å². The van der Waals surface area contributed by atoms with E-state index >= 15 is 0 Å². The maximum atomic E-state index is 13.0. The van der Waals surface area contributed by atoms with Crippen molar-refractivity contribution in [3.05, 3.63) is 11.6 Å². The summed E-state index contributed by atoms with van der Waals surface area (Å²) in [6, 6.07) is 0.279. The third-order valence-corrected chi connectivity index (χ3v) is 18.5. The monoisotopic (exact) mass is 995 g/mol. The quantitative estimate of drug-likeness (QED) is 0.0173. The molecule has 0 aromatic carbocycles. The SMILES string of the molecule is C[C@@H]1O[C@@H](O[C@H]2CC[C@]3(/C=N/NC(=O)COCCOCCOCCNC(=O)CCCC[C@@H]4SC[C@@H]5NC(=O)N[C@@H]54)[C@H]4C[C@@H](O)[C@]5(C)[C@@H](C6=CC(=O)OC6)CC[C@]5(O)[C@@H]4CC[C@]3(O)C2)[C@H](O)[C@H](O)[C@H]1O. The van der Waals surface area contributed by atoms with Gasteiger partial charge in [-0.15, -0.1) is 0 Å². The highest BCUT2D eigenvalue weighted by atomic mass is 32.2. The molecule has 0 unspecified atom stereocenters. The van der Waals surface area contributed by atoms with Gasteiger partial charge < -0.3 is 75.0 Å². The molecule has 69 heavy (non-hydrogen) atoms. The number of thioether (sulfide) groups is 1. The lowest BCUT2D eigenvalue weighted by atomic mass is 9.41. The second kappa shape index (κ2) is 22.0. The first-order valence-electron chi connectivity index (χ1n) is 24.9. The highest BCUT2D eigenvalue weighted by molar-refractivity contribution is 8.00. The highest BCUT2D eigenvalue weighted by Gasteiger charge is 2.74. The molecule has 0 bridgehead atoms. The number of hydrogen-bond acceptors (Lipinski definition) is 18. The van der Waals surface area contributed by atoms with Crippen molar-refractivity contribution in [2.45, 2.75) is 162 Å². The lowest BCUT2D eigenvalue weighted by molar-refractivity contribution is -0.317. The summed E-state index contributed by atoms with van der Waals surface area (Å²) >= 11 is 1.87. The van der Waals surface area contributed by atoms with Gasteiger partial charge in [-0.3, -0.25) is 9.59 Å². The Morgan fingerprint density at radius 2 is 1.70 bits per heavy atom. The van der Waals surface area contributed by atoms with Gasteiger partial charge in [0.05, 0.1) is 74.6 Å². The molecule has 388 valence electrons. The van der Waals surface area contributed by atoms with E-state index in [9.17, 15) is 49.8 Å². The minimum atomic E-state index is -1.53. The van der Waals surface area contributed by atoms with E-state index in [0.717, 1.165) is 30.6 Å². The Kier molecular flexibility index (Phi) is 16.7. The van der Waals surface area contributed by atoms with Gasteiger partial charge in [-0.2, -0.15) is 16.9 Å². The Bertz CT molecular complexity index is 1920. The Labute approximate surface area is 406 Å². The van der Waals surface area contributed by atoms with Crippen LogP contribution in [0.3, 0.4) is 0 Å². The minimum Gasteiger partial charge on any atom is -0.458 e. The van der Waals surface area contributed by atoms with E-state index in [0.29, 0.717) is 57.1 Å². The molecular formula is C47H73N5O16S. The van der Waals surface area contributed by atoms with E-state index < -0.39 is 82.7 Å². The summed E-state index contributed by atoms with van der Waals surface area (Å²) in [6.07, 6.45) is 0.440. The molecule has 4 heterocycles. The molecule has 3 saturated heterocycles. The summed E-state index contributed by atoms with van der Waals surface area (Å²) in [7, 11) is 0. The molecule has 0 spiro atoms. The minimum absolute atomic E-state index is 0.0248. The first-order valence-corrected chi connectivity index (χ1v) is 25.9. The number of aliphatic hydroxyl groups is 6. The van der Waals surface area contributed by atoms with Crippen molar-refractivity contribution < 1.29 is 78.2 Å². The smallest absolute Gasteiger partial charge is 0.331 e. The molecular weight excluding hydrogens is 923 g/mol. The van der Waals surface area contributed by atoms with Crippen molar-refractivity contribution in [1.29, 1.82) is 0 Å². The normalized spacial score (nSPS) is 42.4. The summed E-state index contributed by atoms with van der Waals surface area (Å²) in [4.78, 5) is 48.9. The number of amides is 4. The number of hydrazone groups is 1. The number of esters is 1. The number of aliphatic hydroxyl groups excluding tert-OH is 4. The first kappa shape index (κ1) is 52.3. The fraction of sp³-hybridized carbons (Fsp3) is 0.851. The van der Waals surface area contributed by atoms with Crippen LogP contribution < -0.4 is 21.4 Å². The fourth-order valence-corrected chi connectivity index (χ4v) is 14.8. The van der Waals surface area contributed by atoms with Crippen LogP contribution in [0.15, 0.2) is 16.8 Å². The number of rotatable bonds is 21. The standard InChI is InChI=1S/C47H73N5O16S/c1-26-39(57)40(58)41(59)42(67-26)68-28-7-10-45(31-20-34(53)44(2)29(27-19-37(56)66-22-27)9-12-47(44,62)30(31)8-11-46(45,61)21-28)25-49-52-36(55)23-65-18-17-64-16-15-63-14-13-48-35(54)6-4-3-5-33-38-32(24-69-33)50-43(60)51-38/h19,25-26,28-34,38-42,53,57-59,61-62H,3-18,20-24H2,1-2H3,(H,48,54)(H,52,55)(H2,50,51,60)/b49-25+/t26-,28-,29+,30+,31-,32-,33-,34+,38-,39-,40+,41+,42-,44-,45-,46-,47-/m0/s1. The number of hydrogen-bond donors (Lipinski definition) is 10. The number of nitrogens with one attached hydrogen (secondary N) is 4. The summed E-state index contributed by atoms with van der Waals surface area (Å²) in [6.45, 7) is 4.89. The molecule has 4 aliphatic heterocycles. The molecule has 4 amide bonds. The van der Waals surface area contributed by atoms with Crippen LogP contribution in [-0.2, 0) is 42.8 Å². The third-order valence-electron chi connectivity index (χ3n) is 17.0. The van der Waals surface area contributed by atoms with Crippen LogP contribution in [0.25, 0.3) is 0 Å². The second-order valence-electron chi connectivity index (χ2n) is 20.7. The molecule has 8 aliphatic rings. The lowest BCUT2D eigenvalue weighted by Crippen LogP contribution is -2.71. The number of ether oxygens (including phenoxy) is 6. The molecule has 10 N–H and O–H groups in total. The van der Waals surface area contributed by atoms with Gasteiger partial charge in [0.1, 0.15) is 31.5 Å². The van der Waals surface area contributed by atoms with E-state index in [1.165, 1.54) is 6.08 Å². The van der Waals surface area contributed by atoms with E-state index in [2.05, 4.69) is 26.5 Å². The third kappa shape index (κ3) is 10.6. The largest absolute Gasteiger partial charge is 0.458 e. The van der Waals surface area contributed by atoms with Gasteiger partial charge in [0.2, 0.25) is 5.91 Å². The van der Waals surface area contributed by atoms with Crippen molar-refractivity contribution >= 4 is 41.8 Å². The number of nitrogens with zero attached hydrogens (tertiary/aromatic N) is 1. The lowest BCUT2D eigenvalue weighted by Gasteiger charge is -2.66. The predicted molar refractivity (Wildman–Crippen MR) is 246 cm³/mol. The molecule has 4 saturated carbocycles. The number of urea groups is 1. The van der Waals surface area contributed by atoms with Gasteiger partial charge in [0.25, 0.3) is 5.91 Å². The zero-order valence-corrected chi connectivity index (χ0v) is 40.4. The van der Waals surface area contributed by atoms with Crippen molar-refractivity contribution in [1.82, 2.24) is 21.4 Å². The number of fused-ring (bicyclic) bond motifs is 6. The molecule has 0 aromatic rings. The highest BCUT2D eigenvalue weighted by Crippen LogP contribution is 2.70. The van der Waals surface area contributed by atoms with E-state index in [1.54, 1.807) is 13.1 Å². The summed E-state index contributed by atoms with van der Waals surface area (Å²) in [5, 5.41) is 82.8. The summed E-state index contributed by atoms with van der Waals surface area (Å²) < 4.78 is 33.8. The number of unbranched alkanes of at least 4 members (excludes halogenated alkanes) is 1. The molecule has 22 heteroatoms. The van der Waals surface area contributed by atoms with Crippen LogP contribution in [0.4, 0.5) is 4.79 Å². The van der Waals surface area contributed by atoms with Crippen molar-refractivity contribution in [3.8, 4) is 0 Å². The first-order chi connectivity index (χ1) is 33.0. The number of carbonyl (C=O) groups is 4. The Hall–Kier alpha value is -3.00. The van der Waals surface area contributed by atoms with Gasteiger partial charge in [0, 0.05) is 53.5 Å². The molecule has 0 aromatic heterocycles. The fourth-order valence-electron chi connectivity index (χ4n) is 13.2. The van der Waals surface area contributed by atoms with Crippen LogP contribution >= 0.6 is 11.8 Å². The molecule has 17 atom stereocenters. The molecule has 7 fully saturated rings. The predicted octanol–water partition coefficient (Wildman–Crippen LogP) is -0.484. The van der Waals surface area contributed by atoms with Crippen LogP contribution in [0.1, 0.15) is 90.9 Å². The van der Waals surface area contributed by atoms with Gasteiger partial charge in [0.15, 0.2) is 6.29 Å². The number of carbonyl (C=O) groups excluding carboxylic acids is 4. The average molecular weight is 996 g/mol. The van der Waals surface area contributed by atoms with Gasteiger partial charge >= 0.3 is 12.0 Å². The summed E-state index contributed by atoms with van der Waals surface area (Å²) in [5.41, 5.74) is -1.74. The Morgan fingerprint density at radius 3 is 2.46 bits per heavy atom. The van der Waals surface area contributed by atoms with E-state index in [-0.39, 0.29) is 94.6 Å². The van der Waals surface area contributed by atoms with Crippen LogP contribution in [-0.4, -0.2) is 191 Å². The Balaban J connectivity index is 0.783. The van der Waals surface area contributed by atoms with Crippen molar-refractivity contribution in [2.75, 3.05) is 58.5 Å². The molecule has 8 rings (SSSR count). The molecule has 21 nitrogen and oxygen atoms in total. The van der Waals surface area contributed by atoms with Crippen molar-refractivity contribution in [2.24, 2.45) is 33.7 Å². The summed E-state index contributed by atoms with van der Waals surface area (Å²) in [5.74, 6) is -1.25. The molecule has 0 radical (unpaired) electrons. The zero-order valence-electron chi connectivity index (χ0n) is 39.6. The molecule has 4 aliphatic carbocycles. The van der Waals surface area contributed by atoms with E-state index in [1.807, 2.05) is 18.7 Å². The second-order valence-corrected chi connectivity index (χ2v) is 21.9. The van der Waals surface area contributed by atoms with Gasteiger partial charge in [-0.05, 0) is 88.0 Å². The number of cyclic esters (lactones) is 1. The van der Waals surface area contributed by atoms with Crippen LogP contribution in [0.2, 0.25) is 0 Å². The van der Waals surface area contributed by atoms with Crippen LogP contribution in [0.5, 0.6) is 0 Å².